The average Bonchev–Trinajstić information content (AvgIpc) is 3.48. The van der Waals surface area contributed by atoms with Gasteiger partial charge < -0.3 is 10.2 Å². The van der Waals surface area contributed by atoms with Crippen LogP contribution in [0, 0.1) is 35.8 Å². The molecule has 4 unspecified atom stereocenters. The molecule has 1 aliphatic heterocycles. The van der Waals surface area contributed by atoms with Crippen molar-refractivity contribution < 1.29 is 8.78 Å². The molecule has 1 spiro atoms. The van der Waals surface area contributed by atoms with Crippen LogP contribution in [-0.4, -0.2) is 43.1 Å². The van der Waals surface area contributed by atoms with E-state index in [0.717, 1.165) is 24.0 Å². The molecule has 1 aromatic carbocycles. The molecule has 7 rings (SSSR count). The first-order chi connectivity index (χ1) is 16.4. The second kappa shape index (κ2) is 7.08. The number of aromatic nitrogens is 5. The highest BCUT2D eigenvalue weighted by atomic mass is 35.5. The number of rotatable bonds is 4. The van der Waals surface area contributed by atoms with Crippen molar-refractivity contribution in [1.29, 1.82) is 0 Å². The van der Waals surface area contributed by atoms with Gasteiger partial charge in [-0.05, 0) is 55.4 Å². The van der Waals surface area contributed by atoms with Crippen LogP contribution in [0.4, 0.5) is 19.9 Å². The highest BCUT2D eigenvalue weighted by Crippen LogP contribution is 2.68. The molecular weight excluding hydrogens is 480 g/mol. The Morgan fingerprint density at radius 1 is 1.15 bits per heavy atom. The molecule has 174 valence electrons. The summed E-state index contributed by atoms with van der Waals surface area (Å²) in [6.07, 6.45) is 3.69. The number of halogens is 3. The van der Waals surface area contributed by atoms with E-state index in [1.54, 1.807) is 0 Å². The van der Waals surface area contributed by atoms with Gasteiger partial charge in [-0.1, -0.05) is 11.6 Å². The van der Waals surface area contributed by atoms with Gasteiger partial charge in [0.15, 0.2) is 5.65 Å². The summed E-state index contributed by atoms with van der Waals surface area (Å²) in [5.74, 6) is 1.39. The average molecular weight is 500 g/mol. The number of hydrogen-bond donors (Lipinski definition) is 1. The predicted molar refractivity (Wildman–Crippen MR) is 126 cm³/mol. The molecule has 3 fully saturated rings. The van der Waals surface area contributed by atoms with E-state index in [2.05, 4.69) is 29.7 Å². The fourth-order valence-electron chi connectivity index (χ4n) is 6.30. The topological polar surface area (TPSA) is 71.2 Å². The summed E-state index contributed by atoms with van der Waals surface area (Å²) in [6, 6.07) is 5.66. The minimum absolute atomic E-state index is 0.196. The highest BCUT2D eigenvalue weighted by Gasteiger charge is 2.70. The highest BCUT2D eigenvalue weighted by molar-refractivity contribution is 7.09. The molecule has 3 aliphatic rings. The van der Waals surface area contributed by atoms with Gasteiger partial charge in [0.05, 0.1) is 11.2 Å². The summed E-state index contributed by atoms with van der Waals surface area (Å²) >= 11 is 7.72. The van der Waals surface area contributed by atoms with Crippen molar-refractivity contribution in [3.63, 3.8) is 0 Å². The zero-order valence-electron chi connectivity index (χ0n) is 18.2. The number of anilines is 2. The van der Waals surface area contributed by atoms with Gasteiger partial charge >= 0.3 is 0 Å². The third-order valence-electron chi connectivity index (χ3n) is 7.87. The fraction of sp³-hybridized carbons (Fsp3) is 0.391. The fourth-order valence-corrected chi connectivity index (χ4v) is 7.25. The number of hydrogen-bond acceptors (Lipinski definition) is 7. The number of pyridine rings is 1. The Labute approximate surface area is 203 Å². The molecule has 2 saturated carbocycles. The molecule has 3 aromatic heterocycles. The molecule has 2 aliphatic carbocycles. The SMILES string of the molecule is Cc1nsc(N2CC3C(Nc4nc5c(-c6ccc(F)cc6Cl)cc(F)cn5n4)C4CCC43C2)n1. The molecule has 1 N–H and O–H groups in total. The van der Waals surface area contributed by atoms with E-state index in [1.165, 1.54) is 59.4 Å². The van der Waals surface area contributed by atoms with Gasteiger partial charge in [0.25, 0.3) is 0 Å². The molecule has 0 bridgehead atoms. The van der Waals surface area contributed by atoms with E-state index in [0.29, 0.717) is 40.0 Å². The molecule has 1 saturated heterocycles. The lowest BCUT2D eigenvalue weighted by molar-refractivity contribution is -0.117. The summed E-state index contributed by atoms with van der Waals surface area (Å²) in [5.41, 5.74) is 1.77. The Bertz CT molecular complexity index is 1450. The zero-order valence-corrected chi connectivity index (χ0v) is 19.7. The van der Waals surface area contributed by atoms with Crippen LogP contribution in [0.25, 0.3) is 16.8 Å². The Morgan fingerprint density at radius 2 is 2.03 bits per heavy atom. The quantitative estimate of drug-likeness (QED) is 0.434. The van der Waals surface area contributed by atoms with Crippen molar-refractivity contribution in [2.75, 3.05) is 23.3 Å². The van der Waals surface area contributed by atoms with E-state index in [-0.39, 0.29) is 11.1 Å². The molecule has 4 heterocycles. The van der Waals surface area contributed by atoms with Gasteiger partial charge in [0, 0.05) is 47.7 Å². The van der Waals surface area contributed by atoms with Crippen molar-refractivity contribution in [2.24, 2.45) is 17.3 Å². The summed E-state index contributed by atoms with van der Waals surface area (Å²) in [6.45, 7) is 3.87. The van der Waals surface area contributed by atoms with E-state index < -0.39 is 11.6 Å². The molecule has 0 radical (unpaired) electrons. The minimum atomic E-state index is -0.472. The van der Waals surface area contributed by atoms with Crippen LogP contribution >= 0.6 is 23.1 Å². The van der Waals surface area contributed by atoms with Gasteiger partial charge in [-0.3, -0.25) is 0 Å². The summed E-state index contributed by atoms with van der Waals surface area (Å²) < 4.78 is 33.7. The summed E-state index contributed by atoms with van der Waals surface area (Å²) in [4.78, 5) is 11.6. The van der Waals surface area contributed by atoms with Crippen LogP contribution in [0.2, 0.25) is 5.02 Å². The van der Waals surface area contributed by atoms with Crippen LogP contribution < -0.4 is 10.2 Å². The normalized spacial score (nSPS) is 27.3. The third kappa shape index (κ3) is 2.84. The van der Waals surface area contributed by atoms with E-state index in [9.17, 15) is 8.78 Å². The number of aryl methyl sites for hydroxylation is 1. The molecule has 4 atom stereocenters. The monoisotopic (exact) mass is 499 g/mol. The molecule has 7 nitrogen and oxygen atoms in total. The molecule has 4 aromatic rings. The lowest BCUT2D eigenvalue weighted by Gasteiger charge is -2.65. The predicted octanol–water partition coefficient (Wildman–Crippen LogP) is 4.81. The molecule has 34 heavy (non-hydrogen) atoms. The van der Waals surface area contributed by atoms with Crippen LogP contribution in [0.1, 0.15) is 18.7 Å². The van der Waals surface area contributed by atoms with Gasteiger partial charge in [0.2, 0.25) is 11.1 Å². The number of fused-ring (bicyclic) bond motifs is 1. The van der Waals surface area contributed by atoms with Crippen molar-refractivity contribution in [3.8, 4) is 11.1 Å². The minimum Gasteiger partial charge on any atom is -0.350 e. The van der Waals surface area contributed by atoms with Crippen molar-refractivity contribution in [1.82, 2.24) is 24.0 Å². The smallest absolute Gasteiger partial charge is 0.243 e. The maximum absolute atomic E-state index is 14.4. The van der Waals surface area contributed by atoms with Gasteiger partial charge in [0.1, 0.15) is 17.5 Å². The van der Waals surface area contributed by atoms with Crippen LogP contribution in [-0.2, 0) is 0 Å². The largest absolute Gasteiger partial charge is 0.350 e. The summed E-state index contributed by atoms with van der Waals surface area (Å²) in [7, 11) is 0. The second-order valence-corrected chi connectivity index (χ2v) is 10.7. The summed E-state index contributed by atoms with van der Waals surface area (Å²) in [5, 5.41) is 9.24. The number of benzene rings is 1. The van der Waals surface area contributed by atoms with Crippen LogP contribution in [0.3, 0.4) is 0 Å². The first-order valence-corrected chi connectivity index (χ1v) is 12.4. The van der Waals surface area contributed by atoms with Crippen molar-refractivity contribution in [3.05, 3.63) is 52.9 Å². The Balaban J connectivity index is 1.19. The third-order valence-corrected chi connectivity index (χ3v) is 9.05. The van der Waals surface area contributed by atoms with Gasteiger partial charge in [-0.25, -0.2) is 18.3 Å². The number of nitrogens with one attached hydrogen (secondary N) is 1. The Hall–Kier alpha value is -2.85. The standard InChI is InChI=1S/C23H20ClF2N7S/c1-11-27-22(34-31-11)32-9-17-19(16-4-5-23(16,17)10-32)28-21-29-20-15(6-13(26)8-33(20)30-21)14-3-2-12(25)7-18(14)24/h2-3,6-8,16-17,19H,4-5,9-10H2,1H3,(H,28,30). The molecule has 0 amide bonds. The Kier molecular flexibility index (Phi) is 4.27. The van der Waals surface area contributed by atoms with Crippen molar-refractivity contribution >= 4 is 39.9 Å². The van der Waals surface area contributed by atoms with Crippen LogP contribution in [0.15, 0.2) is 30.5 Å². The molecule has 11 heteroatoms. The zero-order chi connectivity index (χ0) is 23.2. The lowest BCUT2D eigenvalue weighted by atomic mass is 9.41. The van der Waals surface area contributed by atoms with E-state index >= 15 is 0 Å². The Morgan fingerprint density at radius 3 is 2.76 bits per heavy atom. The first-order valence-electron chi connectivity index (χ1n) is 11.2. The maximum Gasteiger partial charge on any atom is 0.243 e. The second-order valence-electron chi connectivity index (χ2n) is 9.56. The maximum atomic E-state index is 14.4. The number of nitrogens with zero attached hydrogens (tertiary/aromatic N) is 6. The van der Waals surface area contributed by atoms with Crippen molar-refractivity contribution in [2.45, 2.75) is 25.8 Å². The first kappa shape index (κ1) is 20.5. The van der Waals surface area contributed by atoms with E-state index in [4.69, 9.17) is 11.6 Å². The van der Waals surface area contributed by atoms with Crippen LogP contribution in [0.5, 0.6) is 0 Å². The molecular formula is C23H20ClF2N7S. The lowest BCUT2D eigenvalue weighted by Crippen LogP contribution is -2.68. The van der Waals surface area contributed by atoms with Gasteiger partial charge in [-0.2, -0.15) is 9.36 Å². The van der Waals surface area contributed by atoms with E-state index in [1.807, 2.05) is 6.92 Å². The van der Waals surface area contributed by atoms with Gasteiger partial charge in [-0.15, -0.1) is 5.10 Å².